The summed E-state index contributed by atoms with van der Waals surface area (Å²) in [5.74, 6) is -0.691. The van der Waals surface area contributed by atoms with E-state index in [1.165, 1.54) is 12.1 Å². The van der Waals surface area contributed by atoms with Gasteiger partial charge in [-0.15, -0.1) is 10.2 Å². The topological polar surface area (TPSA) is 101 Å². The van der Waals surface area contributed by atoms with Gasteiger partial charge in [-0.2, -0.15) is 10.3 Å². The van der Waals surface area contributed by atoms with Crippen LogP contribution in [-0.4, -0.2) is 36.3 Å². The summed E-state index contributed by atoms with van der Waals surface area (Å²) in [5.41, 5.74) is 3.13. The van der Waals surface area contributed by atoms with E-state index in [-0.39, 0.29) is 17.1 Å². The summed E-state index contributed by atoms with van der Waals surface area (Å²) >= 11 is 18.5. The van der Waals surface area contributed by atoms with Crippen molar-refractivity contribution in [2.75, 3.05) is 0 Å². The Bertz CT molecular complexity index is 1600. The second-order valence-corrected chi connectivity index (χ2v) is 9.67. The van der Waals surface area contributed by atoms with Gasteiger partial charge in [-0.25, -0.2) is 9.07 Å². The average molecular weight is 571 g/mol. The first kappa shape index (κ1) is 25.8. The minimum absolute atomic E-state index is 0.000707. The van der Waals surface area contributed by atoms with Gasteiger partial charge in [0.25, 0.3) is 5.91 Å². The second-order valence-electron chi connectivity index (χ2n) is 8.42. The lowest BCUT2D eigenvalue weighted by molar-refractivity contribution is 0.0933. The highest BCUT2D eigenvalue weighted by Crippen LogP contribution is 2.34. The number of carbonyl (C=O) groups is 1. The van der Waals surface area contributed by atoms with E-state index in [0.29, 0.717) is 38.4 Å². The smallest absolute Gasteiger partial charge is 0.272 e. The van der Waals surface area contributed by atoms with Crippen molar-refractivity contribution in [3.05, 3.63) is 110 Å². The van der Waals surface area contributed by atoms with Gasteiger partial charge in [0.1, 0.15) is 5.82 Å². The maximum absolute atomic E-state index is 14.1. The zero-order valence-corrected chi connectivity index (χ0v) is 22.1. The normalized spacial score (nSPS) is 11.9. The Kier molecular flexibility index (Phi) is 7.42. The first-order valence-corrected chi connectivity index (χ1v) is 12.6. The molecule has 1 unspecified atom stereocenters. The monoisotopic (exact) mass is 569 g/mol. The fourth-order valence-electron chi connectivity index (χ4n) is 4.05. The van der Waals surface area contributed by atoms with Crippen LogP contribution in [0.5, 0.6) is 0 Å². The quantitative estimate of drug-likeness (QED) is 0.241. The first-order valence-electron chi connectivity index (χ1n) is 11.4. The molecule has 0 spiro atoms. The van der Waals surface area contributed by atoms with E-state index in [1.54, 1.807) is 48.0 Å². The molecule has 2 aromatic heterocycles. The van der Waals surface area contributed by atoms with Gasteiger partial charge >= 0.3 is 0 Å². The maximum atomic E-state index is 14.1. The summed E-state index contributed by atoms with van der Waals surface area (Å²) in [7, 11) is 0. The van der Waals surface area contributed by atoms with Gasteiger partial charge in [0.15, 0.2) is 11.5 Å². The lowest BCUT2D eigenvalue weighted by Gasteiger charge is -2.14. The number of nitrogens with zero attached hydrogens (tertiary/aromatic N) is 5. The Labute approximate surface area is 231 Å². The molecule has 0 saturated carbocycles. The van der Waals surface area contributed by atoms with E-state index in [2.05, 4.69) is 25.9 Å². The third kappa shape index (κ3) is 5.26. The number of hydrogen-bond acceptors (Lipinski definition) is 5. The standard InChI is InChI=1S/C26H19Cl3FN7O/c1-14(16-8-11-19(28)21(30)12-16)31-26(38)24-18(13-23-32-35-36-33-23)25(15-6-9-17(27)10-7-15)37(34-24)22-5-3-2-4-20(22)29/h2-12,14H,13H2,1H3,(H,31,38)(H,32,33,35,36). The molecule has 0 aliphatic rings. The summed E-state index contributed by atoms with van der Waals surface area (Å²) < 4.78 is 15.7. The zero-order chi connectivity index (χ0) is 26.8. The van der Waals surface area contributed by atoms with Crippen molar-refractivity contribution in [2.24, 2.45) is 0 Å². The molecule has 1 atom stereocenters. The summed E-state index contributed by atoms with van der Waals surface area (Å²) in [5, 5.41) is 22.8. The minimum Gasteiger partial charge on any atom is -0.344 e. The molecule has 0 saturated heterocycles. The number of carbonyl (C=O) groups excluding carboxylic acids is 1. The van der Waals surface area contributed by atoms with Crippen LogP contribution in [0, 0.1) is 5.82 Å². The molecule has 1 amide bonds. The van der Waals surface area contributed by atoms with Crippen molar-refractivity contribution in [1.29, 1.82) is 0 Å². The van der Waals surface area contributed by atoms with Gasteiger partial charge in [0.05, 0.1) is 27.5 Å². The number of aromatic amines is 1. The molecule has 2 N–H and O–H groups in total. The molecule has 192 valence electrons. The van der Waals surface area contributed by atoms with Crippen LogP contribution in [0.25, 0.3) is 16.9 Å². The number of benzene rings is 3. The lowest BCUT2D eigenvalue weighted by Crippen LogP contribution is -2.28. The predicted molar refractivity (Wildman–Crippen MR) is 143 cm³/mol. The Morgan fingerprint density at radius 2 is 1.82 bits per heavy atom. The molecule has 0 aliphatic carbocycles. The van der Waals surface area contributed by atoms with E-state index >= 15 is 0 Å². The molecule has 38 heavy (non-hydrogen) atoms. The molecule has 0 aliphatic heterocycles. The number of aromatic nitrogens is 6. The highest BCUT2D eigenvalue weighted by molar-refractivity contribution is 6.32. The lowest BCUT2D eigenvalue weighted by atomic mass is 10.0. The number of amides is 1. The number of rotatable bonds is 7. The van der Waals surface area contributed by atoms with Crippen LogP contribution < -0.4 is 5.32 Å². The molecular formula is C26H19Cl3FN7O. The molecule has 5 aromatic rings. The number of nitrogens with one attached hydrogen (secondary N) is 2. The molecule has 8 nitrogen and oxygen atoms in total. The van der Waals surface area contributed by atoms with E-state index < -0.39 is 17.8 Å². The fraction of sp³-hybridized carbons (Fsp3) is 0.115. The Morgan fingerprint density at radius 1 is 1.05 bits per heavy atom. The van der Waals surface area contributed by atoms with E-state index in [0.717, 1.165) is 5.56 Å². The summed E-state index contributed by atoms with van der Waals surface area (Å²) in [6, 6.07) is 18.1. The van der Waals surface area contributed by atoms with E-state index in [1.807, 2.05) is 18.2 Å². The van der Waals surface area contributed by atoms with Crippen LogP contribution in [0.4, 0.5) is 4.39 Å². The number of tetrazole rings is 1. The third-order valence-corrected chi connectivity index (χ3v) is 6.79. The minimum atomic E-state index is -0.573. The van der Waals surface area contributed by atoms with Crippen LogP contribution in [0.15, 0.2) is 66.7 Å². The SMILES string of the molecule is CC(NC(=O)c1nn(-c2ccccc2Cl)c(-c2ccc(Cl)cc2)c1Cc1nn[nH]n1)c1ccc(Cl)c(F)c1. The Balaban J connectivity index is 1.65. The molecule has 12 heteroatoms. The Hall–Kier alpha value is -3.79. The Morgan fingerprint density at radius 3 is 2.50 bits per heavy atom. The van der Waals surface area contributed by atoms with Crippen molar-refractivity contribution < 1.29 is 9.18 Å². The average Bonchev–Trinajstić information content (AvgIpc) is 3.55. The maximum Gasteiger partial charge on any atom is 0.272 e. The molecule has 3 aromatic carbocycles. The van der Waals surface area contributed by atoms with Crippen molar-refractivity contribution in [3.63, 3.8) is 0 Å². The first-order chi connectivity index (χ1) is 18.3. The summed E-state index contributed by atoms with van der Waals surface area (Å²) in [4.78, 5) is 13.7. The molecule has 0 bridgehead atoms. The molecular weight excluding hydrogens is 552 g/mol. The van der Waals surface area contributed by atoms with Gasteiger partial charge in [0.2, 0.25) is 0 Å². The molecule has 0 fully saturated rings. The fourth-order valence-corrected chi connectivity index (χ4v) is 4.51. The molecule has 2 heterocycles. The van der Waals surface area contributed by atoms with Crippen LogP contribution in [0.2, 0.25) is 15.1 Å². The predicted octanol–water partition coefficient (Wildman–Crippen LogP) is 6.23. The summed E-state index contributed by atoms with van der Waals surface area (Å²) in [6.07, 6.45) is 0.144. The summed E-state index contributed by atoms with van der Waals surface area (Å²) in [6.45, 7) is 1.74. The van der Waals surface area contributed by atoms with Crippen molar-refractivity contribution in [3.8, 4) is 16.9 Å². The molecule has 0 radical (unpaired) electrons. The van der Waals surface area contributed by atoms with Gasteiger partial charge in [-0.1, -0.05) is 70.3 Å². The van der Waals surface area contributed by atoms with Gasteiger partial charge in [-0.3, -0.25) is 4.79 Å². The van der Waals surface area contributed by atoms with Gasteiger partial charge in [-0.05, 0) is 48.9 Å². The number of para-hydroxylation sites is 1. The van der Waals surface area contributed by atoms with Crippen LogP contribution in [-0.2, 0) is 6.42 Å². The van der Waals surface area contributed by atoms with Gasteiger partial charge < -0.3 is 5.32 Å². The number of halogens is 4. The van der Waals surface area contributed by atoms with Crippen molar-refractivity contribution in [2.45, 2.75) is 19.4 Å². The van der Waals surface area contributed by atoms with Gasteiger partial charge in [0, 0.05) is 22.6 Å². The van der Waals surface area contributed by atoms with Crippen LogP contribution in [0.3, 0.4) is 0 Å². The van der Waals surface area contributed by atoms with E-state index in [4.69, 9.17) is 39.9 Å². The number of H-pyrrole nitrogens is 1. The highest BCUT2D eigenvalue weighted by atomic mass is 35.5. The van der Waals surface area contributed by atoms with Crippen molar-refractivity contribution >= 4 is 40.7 Å². The van der Waals surface area contributed by atoms with E-state index in [9.17, 15) is 9.18 Å². The van der Waals surface area contributed by atoms with Crippen LogP contribution in [0.1, 0.15) is 40.4 Å². The van der Waals surface area contributed by atoms with Crippen LogP contribution >= 0.6 is 34.8 Å². The largest absolute Gasteiger partial charge is 0.344 e. The third-order valence-electron chi connectivity index (χ3n) is 5.91. The van der Waals surface area contributed by atoms with Crippen molar-refractivity contribution in [1.82, 2.24) is 35.7 Å². The zero-order valence-electron chi connectivity index (χ0n) is 19.8. The molecule has 5 rings (SSSR count). The number of hydrogen-bond donors (Lipinski definition) is 2. The highest BCUT2D eigenvalue weighted by Gasteiger charge is 2.28. The second kappa shape index (κ2) is 10.9.